The number of nitrogens with one attached hydrogen (secondary N) is 1. The number of allylic oxidation sites excluding steroid dienone is 3. The van der Waals surface area contributed by atoms with Gasteiger partial charge in [-0.25, -0.2) is 4.79 Å². The van der Waals surface area contributed by atoms with Crippen LogP contribution in [0.25, 0.3) is 0 Å². The van der Waals surface area contributed by atoms with E-state index in [9.17, 15) is 9.59 Å². The fourth-order valence-electron chi connectivity index (χ4n) is 4.00. The lowest BCUT2D eigenvalue weighted by Crippen LogP contribution is -2.40. The number of benzene rings is 1. The molecule has 0 amide bonds. The highest BCUT2D eigenvalue weighted by molar-refractivity contribution is 6.31. The van der Waals surface area contributed by atoms with E-state index in [2.05, 4.69) is 5.32 Å². The smallest absolute Gasteiger partial charge is 0.336 e. The van der Waals surface area contributed by atoms with Gasteiger partial charge in [0.15, 0.2) is 11.5 Å². The molecule has 6 nitrogen and oxygen atoms in total. The van der Waals surface area contributed by atoms with Gasteiger partial charge in [-0.2, -0.15) is 0 Å². The molecule has 1 aromatic carbocycles. The molecule has 4 rings (SSSR count). The zero-order valence-corrected chi connectivity index (χ0v) is 15.9. The van der Waals surface area contributed by atoms with Crippen molar-refractivity contribution < 1.29 is 23.8 Å². The summed E-state index contributed by atoms with van der Waals surface area (Å²) in [5.74, 6) is -0.290. The van der Waals surface area contributed by atoms with E-state index in [1.54, 1.807) is 19.1 Å². The van der Waals surface area contributed by atoms with E-state index >= 15 is 0 Å². The first kappa shape index (κ1) is 17.9. The van der Waals surface area contributed by atoms with Crippen molar-refractivity contribution in [2.75, 3.05) is 13.4 Å². The van der Waals surface area contributed by atoms with Crippen molar-refractivity contribution in [1.82, 2.24) is 5.32 Å². The van der Waals surface area contributed by atoms with Crippen LogP contribution in [0.2, 0.25) is 5.02 Å². The zero-order chi connectivity index (χ0) is 19.1. The second kappa shape index (κ2) is 6.93. The minimum Gasteiger partial charge on any atom is -0.463 e. The van der Waals surface area contributed by atoms with Crippen LogP contribution in [0.4, 0.5) is 0 Å². The number of rotatable bonds is 3. The van der Waals surface area contributed by atoms with Crippen molar-refractivity contribution in [3.8, 4) is 11.5 Å². The summed E-state index contributed by atoms with van der Waals surface area (Å²) in [5, 5.41) is 3.66. The molecule has 0 saturated heterocycles. The van der Waals surface area contributed by atoms with Gasteiger partial charge in [-0.3, -0.25) is 4.79 Å². The molecule has 3 aliphatic rings. The lowest BCUT2D eigenvalue weighted by molar-refractivity contribution is -0.139. The number of ketones is 1. The van der Waals surface area contributed by atoms with E-state index < -0.39 is 17.8 Å². The highest BCUT2D eigenvalue weighted by atomic mass is 35.5. The first-order valence-corrected chi connectivity index (χ1v) is 9.35. The van der Waals surface area contributed by atoms with Gasteiger partial charge in [-0.15, -0.1) is 0 Å². The average molecular weight is 390 g/mol. The molecule has 142 valence electrons. The number of ether oxygens (including phenoxy) is 3. The van der Waals surface area contributed by atoms with E-state index in [4.69, 9.17) is 25.8 Å². The molecule has 27 heavy (non-hydrogen) atoms. The predicted molar refractivity (Wildman–Crippen MR) is 98.6 cm³/mol. The molecule has 0 saturated carbocycles. The minimum absolute atomic E-state index is 0.0769. The van der Waals surface area contributed by atoms with Crippen LogP contribution in [0.5, 0.6) is 11.5 Å². The third-order valence-corrected chi connectivity index (χ3v) is 5.47. The second-order valence-electron chi connectivity index (χ2n) is 6.73. The zero-order valence-electron chi connectivity index (χ0n) is 15.1. The molecule has 0 radical (unpaired) electrons. The van der Waals surface area contributed by atoms with Crippen LogP contribution >= 0.6 is 11.6 Å². The van der Waals surface area contributed by atoms with Gasteiger partial charge < -0.3 is 19.5 Å². The number of fused-ring (bicyclic) bond motifs is 2. The van der Waals surface area contributed by atoms with Crippen molar-refractivity contribution in [1.29, 1.82) is 0 Å². The van der Waals surface area contributed by atoms with Gasteiger partial charge in [-0.05, 0) is 31.9 Å². The van der Waals surface area contributed by atoms with Gasteiger partial charge in [0.25, 0.3) is 0 Å². The Labute approximate surface area is 162 Å². The van der Waals surface area contributed by atoms with E-state index in [0.29, 0.717) is 46.2 Å². The molecule has 1 N–H and O–H groups in total. The summed E-state index contributed by atoms with van der Waals surface area (Å²) in [6, 6.07) is 3.45. The molecule has 2 unspecified atom stereocenters. The number of esters is 1. The number of halogens is 1. The van der Waals surface area contributed by atoms with Gasteiger partial charge in [0.1, 0.15) is 5.78 Å². The number of hydrogen-bond acceptors (Lipinski definition) is 6. The van der Waals surface area contributed by atoms with Gasteiger partial charge in [0.2, 0.25) is 6.79 Å². The van der Waals surface area contributed by atoms with Gasteiger partial charge >= 0.3 is 5.97 Å². The normalized spacial score (nSPS) is 23.5. The predicted octanol–water partition coefficient (Wildman–Crippen LogP) is 3.46. The molecule has 1 aromatic rings. The fraction of sp³-hybridized carbons (Fsp3) is 0.400. The Bertz CT molecular complexity index is 889. The summed E-state index contributed by atoms with van der Waals surface area (Å²) in [5.41, 5.74) is 2.57. The lowest BCUT2D eigenvalue weighted by Gasteiger charge is -2.38. The number of carbonyl (C=O) groups is 2. The molecule has 0 bridgehead atoms. The van der Waals surface area contributed by atoms with E-state index in [1.807, 2.05) is 13.0 Å². The van der Waals surface area contributed by atoms with Gasteiger partial charge in [-0.1, -0.05) is 17.7 Å². The minimum atomic E-state index is -0.536. The summed E-state index contributed by atoms with van der Waals surface area (Å²) >= 11 is 6.55. The van der Waals surface area contributed by atoms with Crippen LogP contribution in [0, 0.1) is 5.92 Å². The van der Waals surface area contributed by atoms with E-state index in [0.717, 1.165) is 5.70 Å². The molecule has 0 aromatic heterocycles. The molecular weight excluding hydrogens is 370 g/mol. The summed E-state index contributed by atoms with van der Waals surface area (Å²) in [6.45, 7) is 3.94. The number of carbonyl (C=O) groups excluding carboxylic acids is 2. The van der Waals surface area contributed by atoms with Crippen LogP contribution in [0.3, 0.4) is 0 Å². The van der Waals surface area contributed by atoms with Crippen LogP contribution in [-0.4, -0.2) is 25.2 Å². The third kappa shape index (κ3) is 2.98. The molecule has 1 aliphatic carbocycles. The fourth-order valence-corrected chi connectivity index (χ4v) is 4.27. The summed E-state index contributed by atoms with van der Waals surface area (Å²) in [7, 11) is 0. The van der Waals surface area contributed by atoms with Crippen molar-refractivity contribution >= 4 is 23.4 Å². The van der Waals surface area contributed by atoms with E-state index in [1.165, 1.54) is 0 Å². The standard InChI is InChI=1S/C20H20ClNO5/c1-3-25-20(24)17-10(2)22-13-5-4-6-14(23)19(13)18(17)11-7-15-16(8-12(11)21)27-9-26-15/h5,7-8,18-19,22H,3-4,6,9H2,1-2H3. The summed E-state index contributed by atoms with van der Waals surface area (Å²) < 4.78 is 16.2. The average Bonchev–Trinajstić information content (AvgIpc) is 3.07. The third-order valence-electron chi connectivity index (χ3n) is 5.14. The van der Waals surface area contributed by atoms with E-state index in [-0.39, 0.29) is 19.2 Å². The SMILES string of the molecule is CCOC(=O)C1=C(C)NC2=CCCC(=O)C2C1c1cc2c(cc1Cl)OCO2. The maximum absolute atomic E-state index is 12.8. The largest absolute Gasteiger partial charge is 0.463 e. The molecule has 2 atom stereocenters. The number of Topliss-reactive ketones (excluding diaryl/α,β-unsaturated/α-hetero) is 1. The van der Waals surface area contributed by atoms with Gasteiger partial charge in [0, 0.05) is 34.8 Å². The Balaban J connectivity index is 1.90. The van der Waals surface area contributed by atoms with Crippen molar-refractivity contribution in [2.45, 2.75) is 32.6 Å². The molecule has 0 fully saturated rings. The molecule has 2 aliphatic heterocycles. The maximum atomic E-state index is 12.8. The highest BCUT2D eigenvalue weighted by Crippen LogP contribution is 2.48. The van der Waals surface area contributed by atoms with Gasteiger partial charge in [0.05, 0.1) is 18.1 Å². The van der Waals surface area contributed by atoms with Crippen molar-refractivity contribution in [2.24, 2.45) is 5.92 Å². The van der Waals surface area contributed by atoms with Crippen molar-refractivity contribution in [3.05, 3.63) is 45.8 Å². The summed E-state index contributed by atoms with van der Waals surface area (Å²) in [6.07, 6.45) is 3.14. The monoisotopic (exact) mass is 389 g/mol. The first-order chi connectivity index (χ1) is 13.0. The van der Waals surface area contributed by atoms with Crippen LogP contribution in [-0.2, 0) is 14.3 Å². The van der Waals surface area contributed by atoms with Crippen molar-refractivity contribution in [3.63, 3.8) is 0 Å². The summed E-state index contributed by atoms with van der Waals surface area (Å²) in [4.78, 5) is 25.6. The molecular formula is C20H20ClNO5. The quantitative estimate of drug-likeness (QED) is 0.798. The second-order valence-corrected chi connectivity index (χ2v) is 7.14. The Morgan fingerprint density at radius 2 is 2.04 bits per heavy atom. The maximum Gasteiger partial charge on any atom is 0.336 e. The van der Waals surface area contributed by atoms with Crippen LogP contribution in [0.15, 0.2) is 35.2 Å². The molecule has 0 spiro atoms. The number of hydrogen-bond donors (Lipinski definition) is 1. The lowest BCUT2D eigenvalue weighted by atomic mass is 9.71. The topological polar surface area (TPSA) is 73.9 Å². The Kier molecular flexibility index (Phi) is 4.60. The molecule has 2 heterocycles. The first-order valence-electron chi connectivity index (χ1n) is 8.98. The van der Waals surface area contributed by atoms with Crippen LogP contribution in [0.1, 0.15) is 38.2 Å². The highest BCUT2D eigenvalue weighted by Gasteiger charge is 2.44. The molecule has 7 heteroatoms. The Morgan fingerprint density at radius 3 is 2.78 bits per heavy atom. The van der Waals surface area contributed by atoms with Crippen LogP contribution < -0.4 is 14.8 Å². The Hall–Kier alpha value is -2.47. The Morgan fingerprint density at radius 1 is 1.30 bits per heavy atom.